The third kappa shape index (κ3) is 6.07. The van der Waals surface area contributed by atoms with Gasteiger partial charge in [0.25, 0.3) is 0 Å². The highest BCUT2D eigenvalue weighted by Gasteiger charge is 2.20. The lowest BCUT2D eigenvalue weighted by Crippen LogP contribution is -2.44. The Morgan fingerprint density at radius 2 is 2.00 bits per heavy atom. The van der Waals surface area contributed by atoms with Gasteiger partial charge in [0.2, 0.25) is 0 Å². The van der Waals surface area contributed by atoms with E-state index in [1.807, 2.05) is 48.2 Å². The molecule has 0 unspecified atom stereocenters. The lowest BCUT2D eigenvalue weighted by molar-refractivity contribution is 0.178. The SMILES string of the molecule is Cc1cccc(CN(Cc2ccccc2)C(=O)NC[C@H]2CCCN(C)C2)n1. The van der Waals surface area contributed by atoms with Crippen LogP contribution in [0, 0.1) is 12.8 Å². The molecule has 2 heterocycles. The number of likely N-dealkylation sites (tertiary alicyclic amines) is 1. The third-order valence-corrected chi connectivity index (χ3v) is 5.07. The third-order valence-electron chi connectivity index (χ3n) is 5.07. The van der Waals surface area contributed by atoms with Crippen LogP contribution in [-0.4, -0.2) is 47.5 Å². The van der Waals surface area contributed by atoms with Gasteiger partial charge in [-0.15, -0.1) is 0 Å². The normalized spacial score (nSPS) is 17.5. The van der Waals surface area contributed by atoms with Gasteiger partial charge in [-0.25, -0.2) is 4.79 Å². The molecule has 5 nitrogen and oxygen atoms in total. The van der Waals surface area contributed by atoms with Crippen molar-refractivity contribution in [2.45, 2.75) is 32.9 Å². The Labute approximate surface area is 162 Å². The van der Waals surface area contributed by atoms with E-state index in [2.05, 4.69) is 34.4 Å². The molecule has 1 atom stereocenters. The summed E-state index contributed by atoms with van der Waals surface area (Å²) < 4.78 is 0. The number of hydrogen-bond acceptors (Lipinski definition) is 3. The van der Waals surface area contributed by atoms with Crippen molar-refractivity contribution in [3.8, 4) is 0 Å². The molecule has 1 saturated heterocycles. The molecule has 2 aromatic rings. The maximum Gasteiger partial charge on any atom is 0.318 e. The van der Waals surface area contributed by atoms with Crippen molar-refractivity contribution in [3.63, 3.8) is 0 Å². The van der Waals surface area contributed by atoms with Crippen LogP contribution >= 0.6 is 0 Å². The lowest BCUT2D eigenvalue weighted by Gasteiger charge is -2.30. The van der Waals surface area contributed by atoms with Gasteiger partial charge in [-0.1, -0.05) is 36.4 Å². The molecule has 0 aliphatic carbocycles. The number of piperidine rings is 1. The number of nitrogens with zero attached hydrogens (tertiary/aromatic N) is 3. The Morgan fingerprint density at radius 3 is 2.74 bits per heavy atom. The quantitative estimate of drug-likeness (QED) is 0.852. The first-order valence-electron chi connectivity index (χ1n) is 9.78. The number of carbonyl (C=O) groups is 1. The molecule has 0 spiro atoms. The monoisotopic (exact) mass is 366 g/mol. The second kappa shape index (κ2) is 9.51. The van der Waals surface area contributed by atoms with E-state index in [1.165, 1.54) is 12.8 Å². The number of amides is 2. The number of rotatable bonds is 6. The van der Waals surface area contributed by atoms with Gasteiger partial charge in [-0.3, -0.25) is 4.98 Å². The summed E-state index contributed by atoms with van der Waals surface area (Å²) in [6.07, 6.45) is 2.39. The molecule has 1 N–H and O–H groups in total. The van der Waals surface area contributed by atoms with Gasteiger partial charge in [-0.2, -0.15) is 0 Å². The highest BCUT2D eigenvalue weighted by molar-refractivity contribution is 5.74. The number of aromatic nitrogens is 1. The van der Waals surface area contributed by atoms with Gasteiger partial charge in [0.05, 0.1) is 12.2 Å². The molecule has 3 rings (SSSR count). The van der Waals surface area contributed by atoms with E-state index in [0.717, 1.165) is 36.6 Å². The van der Waals surface area contributed by atoms with E-state index in [1.54, 1.807) is 0 Å². The van der Waals surface area contributed by atoms with E-state index < -0.39 is 0 Å². The largest absolute Gasteiger partial charge is 0.338 e. The van der Waals surface area contributed by atoms with Crippen molar-refractivity contribution >= 4 is 6.03 Å². The second-order valence-corrected chi connectivity index (χ2v) is 7.57. The van der Waals surface area contributed by atoms with Crippen LogP contribution in [0.1, 0.15) is 29.8 Å². The van der Waals surface area contributed by atoms with Crippen molar-refractivity contribution in [1.29, 1.82) is 0 Å². The van der Waals surface area contributed by atoms with Crippen molar-refractivity contribution < 1.29 is 4.79 Å². The molecule has 0 radical (unpaired) electrons. The van der Waals surface area contributed by atoms with Crippen LogP contribution in [0.4, 0.5) is 4.79 Å². The predicted molar refractivity (Wildman–Crippen MR) is 108 cm³/mol. The zero-order valence-corrected chi connectivity index (χ0v) is 16.4. The van der Waals surface area contributed by atoms with Crippen molar-refractivity contribution in [3.05, 3.63) is 65.5 Å². The average molecular weight is 367 g/mol. The summed E-state index contributed by atoms with van der Waals surface area (Å²) in [4.78, 5) is 21.7. The van der Waals surface area contributed by atoms with Crippen LogP contribution < -0.4 is 5.32 Å². The number of aryl methyl sites for hydroxylation is 1. The smallest absolute Gasteiger partial charge is 0.318 e. The first kappa shape index (κ1) is 19.4. The summed E-state index contributed by atoms with van der Waals surface area (Å²) in [5.41, 5.74) is 3.01. The van der Waals surface area contributed by atoms with Gasteiger partial charge >= 0.3 is 6.03 Å². The first-order chi connectivity index (χ1) is 13.1. The average Bonchev–Trinajstić information content (AvgIpc) is 2.66. The van der Waals surface area contributed by atoms with Gasteiger partial charge in [0, 0.05) is 25.3 Å². The number of nitrogens with one attached hydrogen (secondary N) is 1. The van der Waals surface area contributed by atoms with Gasteiger partial charge in [0.1, 0.15) is 0 Å². The molecule has 5 heteroatoms. The predicted octanol–water partition coefficient (Wildman–Crippen LogP) is 3.44. The number of urea groups is 1. The zero-order chi connectivity index (χ0) is 19.1. The molecular formula is C22H30N4O. The second-order valence-electron chi connectivity index (χ2n) is 7.57. The Kier molecular flexibility index (Phi) is 6.82. The summed E-state index contributed by atoms with van der Waals surface area (Å²) in [6, 6.07) is 16.1. The van der Waals surface area contributed by atoms with Crippen LogP contribution in [0.25, 0.3) is 0 Å². The van der Waals surface area contributed by atoms with Crippen LogP contribution in [0.3, 0.4) is 0 Å². The van der Waals surface area contributed by atoms with Gasteiger partial charge < -0.3 is 15.1 Å². The maximum atomic E-state index is 12.9. The number of hydrogen-bond donors (Lipinski definition) is 1. The minimum Gasteiger partial charge on any atom is -0.338 e. The molecule has 0 saturated carbocycles. The summed E-state index contributed by atoms with van der Waals surface area (Å²) >= 11 is 0. The van der Waals surface area contributed by atoms with Crippen LogP contribution in [-0.2, 0) is 13.1 Å². The summed E-state index contributed by atoms with van der Waals surface area (Å²) in [5, 5.41) is 3.16. The van der Waals surface area contributed by atoms with E-state index >= 15 is 0 Å². The highest BCUT2D eigenvalue weighted by Crippen LogP contribution is 2.15. The van der Waals surface area contributed by atoms with E-state index in [0.29, 0.717) is 19.0 Å². The fourth-order valence-corrected chi connectivity index (χ4v) is 3.67. The van der Waals surface area contributed by atoms with E-state index in [4.69, 9.17) is 0 Å². The van der Waals surface area contributed by atoms with Crippen molar-refractivity contribution in [1.82, 2.24) is 20.1 Å². The number of carbonyl (C=O) groups excluding carboxylic acids is 1. The van der Waals surface area contributed by atoms with E-state index in [-0.39, 0.29) is 6.03 Å². The summed E-state index contributed by atoms with van der Waals surface area (Å²) in [6.45, 7) is 6.00. The molecule has 1 fully saturated rings. The van der Waals surface area contributed by atoms with Crippen LogP contribution in [0.5, 0.6) is 0 Å². The Bertz CT molecular complexity index is 734. The minimum atomic E-state index is -0.0182. The number of benzene rings is 1. The molecule has 1 aliphatic rings. The molecule has 27 heavy (non-hydrogen) atoms. The lowest BCUT2D eigenvalue weighted by atomic mass is 9.99. The summed E-state index contributed by atoms with van der Waals surface area (Å²) in [5.74, 6) is 0.531. The fraction of sp³-hybridized carbons (Fsp3) is 0.455. The molecular weight excluding hydrogens is 336 g/mol. The Morgan fingerprint density at radius 1 is 1.19 bits per heavy atom. The van der Waals surface area contributed by atoms with Gasteiger partial charge in [-0.05, 0) is 57.0 Å². The molecule has 1 aliphatic heterocycles. The Hall–Kier alpha value is -2.40. The fourth-order valence-electron chi connectivity index (χ4n) is 3.67. The molecule has 2 amide bonds. The topological polar surface area (TPSA) is 48.5 Å². The zero-order valence-electron chi connectivity index (χ0n) is 16.4. The van der Waals surface area contributed by atoms with Crippen LogP contribution in [0.15, 0.2) is 48.5 Å². The minimum absolute atomic E-state index is 0.0182. The van der Waals surface area contributed by atoms with Crippen LogP contribution in [0.2, 0.25) is 0 Å². The van der Waals surface area contributed by atoms with Crippen molar-refractivity contribution in [2.75, 3.05) is 26.7 Å². The first-order valence-corrected chi connectivity index (χ1v) is 9.78. The number of pyridine rings is 1. The summed E-state index contributed by atoms with van der Waals surface area (Å²) in [7, 11) is 2.15. The standard InChI is InChI=1S/C22H30N4O/c1-18-8-6-12-21(24-18)17-26(16-19-9-4-3-5-10-19)22(27)23-14-20-11-7-13-25(2)15-20/h3-6,8-10,12,20H,7,11,13-17H2,1-2H3,(H,23,27)/t20-/m1/s1. The molecule has 0 bridgehead atoms. The van der Waals surface area contributed by atoms with Gasteiger partial charge in [0.15, 0.2) is 0 Å². The molecule has 1 aromatic heterocycles. The Balaban J connectivity index is 1.65. The van der Waals surface area contributed by atoms with E-state index in [9.17, 15) is 4.79 Å². The maximum absolute atomic E-state index is 12.9. The highest BCUT2D eigenvalue weighted by atomic mass is 16.2. The van der Waals surface area contributed by atoms with Crippen molar-refractivity contribution in [2.24, 2.45) is 5.92 Å². The molecule has 144 valence electrons. The molecule has 1 aromatic carbocycles.